The Kier molecular flexibility index (Phi) is 6.83. The topological polar surface area (TPSA) is 20.3 Å². The maximum Gasteiger partial charge on any atom is 0.233 e. The highest BCUT2D eigenvalue weighted by molar-refractivity contribution is 9.10. The summed E-state index contributed by atoms with van der Waals surface area (Å²) in [5.74, 6) is 0.534. The lowest BCUT2D eigenvalue weighted by Gasteiger charge is -2.18. The van der Waals surface area contributed by atoms with Gasteiger partial charge in [-0.25, -0.2) is 0 Å². The Morgan fingerprint density at radius 3 is 2.28 bits per heavy atom. The minimum atomic E-state index is 0.0997. The van der Waals surface area contributed by atoms with E-state index < -0.39 is 0 Å². The van der Waals surface area contributed by atoms with Crippen LogP contribution in [0.3, 0.4) is 0 Å². The van der Waals surface area contributed by atoms with Crippen LogP contribution < -0.4 is 0 Å². The molecule has 0 aliphatic carbocycles. The number of carbonyl (C=O) groups is 1. The van der Waals surface area contributed by atoms with Crippen LogP contribution in [0, 0.1) is 0 Å². The summed E-state index contributed by atoms with van der Waals surface area (Å²) < 4.78 is 1.04. The van der Waals surface area contributed by atoms with Crippen LogP contribution in [0.15, 0.2) is 58.9 Å². The predicted octanol–water partition coefficient (Wildman–Crippen LogP) is 3.74. The fourth-order valence-corrected chi connectivity index (χ4v) is 2.42. The van der Waals surface area contributed by atoms with E-state index in [9.17, 15) is 4.79 Å². The highest BCUT2D eigenvalue weighted by atomic mass is 79.9. The zero-order chi connectivity index (χ0) is 13.4. The Balaban J connectivity index is 2.50. The summed E-state index contributed by atoms with van der Waals surface area (Å²) in [5.41, 5.74) is 0. The lowest BCUT2D eigenvalue weighted by Crippen LogP contribution is -2.32. The highest BCUT2D eigenvalue weighted by Gasteiger charge is 2.10. The molecule has 0 N–H and O–H groups in total. The van der Waals surface area contributed by atoms with Gasteiger partial charge in [0, 0.05) is 22.5 Å². The second kappa shape index (κ2) is 8.16. The molecule has 0 fully saturated rings. The lowest BCUT2D eigenvalue weighted by molar-refractivity contribution is -0.127. The number of nitrogens with zero attached hydrogens (tertiary/aromatic N) is 1. The lowest BCUT2D eigenvalue weighted by atomic mass is 10.4. The Hall–Kier alpha value is -1.00. The highest BCUT2D eigenvalue weighted by Crippen LogP contribution is 2.20. The van der Waals surface area contributed by atoms with Crippen molar-refractivity contribution in [1.82, 2.24) is 4.90 Å². The molecule has 0 saturated heterocycles. The molecule has 0 saturated carbocycles. The molecule has 0 radical (unpaired) electrons. The summed E-state index contributed by atoms with van der Waals surface area (Å²) in [5, 5.41) is 0. The predicted molar refractivity (Wildman–Crippen MR) is 81.8 cm³/mol. The zero-order valence-corrected chi connectivity index (χ0v) is 12.5. The van der Waals surface area contributed by atoms with Crippen molar-refractivity contribution in [1.29, 1.82) is 0 Å². The molecule has 96 valence electrons. The van der Waals surface area contributed by atoms with Crippen molar-refractivity contribution in [2.45, 2.75) is 4.90 Å². The van der Waals surface area contributed by atoms with E-state index in [2.05, 4.69) is 29.1 Å². The van der Waals surface area contributed by atoms with E-state index in [4.69, 9.17) is 0 Å². The fraction of sp³-hybridized carbons (Fsp3) is 0.214. The van der Waals surface area contributed by atoms with Gasteiger partial charge in [-0.2, -0.15) is 0 Å². The Morgan fingerprint density at radius 2 is 1.78 bits per heavy atom. The third kappa shape index (κ3) is 5.10. The molecule has 0 bridgehead atoms. The third-order valence-corrected chi connectivity index (χ3v) is 3.75. The molecule has 0 atom stereocenters. The van der Waals surface area contributed by atoms with Gasteiger partial charge >= 0.3 is 0 Å². The van der Waals surface area contributed by atoms with Crippen molar-refractivity contribution in [3.05, 3.63) is 54.0 Å². The fourth-order valence-electron chi connectivity index (χ4n) is 1.36. The van der Waals surface area contributed by atoms with E-state index in [0.29, 0.717) is 18.8 Å². The second-order valence-electron chi connectivity index (χ2n) is 3.62. The van der Waals surface area contributed by atoms with Crippen molar-refractivity contribution in [3.8, 4) is 0 Å². The summed E-state index contributed by atoms with van der Waals surface area (Å²) in [4.78, 5) is 14.8. The van der Waals surface area contributed by atoms with Gasteiger partial charge in [0.25, 0.3) is 0 Å². The quantitative estimate of drug-likeness (QED) is 0.562. The standard InChI is InChI=1S/C14H16BrNOS/c1-3-9-16(10-4-2)14(17)11-18-13-7-5-12(15)6-8-13/h3-8H,1-2,9-11H2. The van der Waals surface area contributed by atoms with E-state index in [1.54, 1.807) is 17.1 Å². The molecule has 0 spiro atoms. The van der Waals surface area contributed by atoms with Gasteiger partial charge in [0.15, 0.2) is 0 Å². The number of carbonyl (C=O) groups excluding carboxylic acids is 1. The minimum Gasteiger partial charge on any atom is -0.335 e. The number of hydrogen-bond donors (Lipinski definition) is 0. The van der Waals surface area contributed by atoms with Gasteiger partial charge in [-0.15, -0.1) is 24.9 Å². The smallest absolute Gasteiger partial charge is 0.233 e. The van der Waals surface area contributed by atoms with Crippen molar-refractivity contribution in [2.75, 3.05) is 18.8 Å². The van der Waals surface area contributed by atoms with Gasteiger partial charge in [0.1, 0.15) is 0 Å². The molecule has 1 amide bonds. The van der Waals surface area contributed by atoms with Crippen molar-refractivity contribution >= 4 is 33.6 Å². The first kappa shape index (κ1) is 15.1. The number of halogens is 1. The molecular weight excluding hydrogens is 310 g/mol. The molecule has 1 rings (SSSR count). The summed E-state index contributed by atoms with van der Waals surface area (Å²) in [7, 11) is 0. The monoisotopic (exact) mass is 325 g/mol. The van der Waals surface area contributed by atoms with Crippen molar-refractivity contribution in [3.63, 3.8) is 0 Å². The van der Waals surface area contributed by atoms with Crippen LogP contribution in [0.5, 0.6) is 0 Å². The second-order valence-corrected chi connectivity index (χ2v) is 5.58. The van der Waals surface area contributed by atoms with Crippen LogP contribution in [0.25, 0.3) is 0 Å². The van der Waals surface area contributed by atoms with Crippen LogP contribution in [-0.4, -0.2) is 29.6 Å². The SMILES string of the molecule is C=CCN(CC=C)C(=O)CSc1ccc(Br)cc1. The van der Waals surface area contributed by atoms with Crippen LogP contribution in [0.4, 0.5) is 0 Å². The first-order valence-electron chi connectivity index (χ1n) is 5.55. The summed E-state index contributed by atoms with van der Waals surface area (Å²) in [6, 6.07) is 7.93. The molecule has 0 aromatic heterocycles. The largest absolute Gasteiger partial charge is 0.335 e. The van der Waals surface area contributed by atoms with E-state index in [1.807, 2.05) is 24.3 Å². The minimum absolute atomic E-state index is 0.0997. The molecule has 1 aromatic carbocycles. The van der Waals surface area contributed by atoms with E-state index in [0.717, 1.165) is 9.37 Å². The van der Waals surface area contributed by atoms with Gasteiger partial charge in [-0.3, -0.25) is 4.79 Å². The van der Waals surface area contributed by atoms with Crippen LogP contribution in [-0.2, 0) is 4.79 Å². The molecule has 18 heavy (non-hydrogen) atoms. The molecule has 2 nitrogen and oxygen atoms in total. The Labute approximate surface area is 121 Å². The molecule has 0 heterocycles. The van der Waals surface area contributed by atoms with Crippen LogP contribution >= 0.6 is 27.7 Å². The van der Waals surface area contributed by atoms with E-state index in [-0.39, 0.29) is 5.91 Å². The maximum absolute atomic E-state index is 12.0. The Morgan fingerprint density at radius 1 is 1.22 bits per heavy atom. The Bertz CT molecular complexity index is 406. The van der Waals surface area contributed by atoms with Crippen LogP contribution in [0.2, 0.25) is 0 Å². The average molecular weight is 326 g/mol. The van der Waals surface area contributed by atoms with Gasteiger partial charge in [0.2, 0.25) is 5.91 Å². The summed E-state index contributed by atoms with van der Waals surface area (Å²) in [6.45, 7) is 8.43. The molecule has 0 unspecified atom stereocenters. The number of hydrogen-bond acceptors (Lipinski definition) is 2. The number of thioether (sulfide) groups is 1. The van der Waals surface area contributed by atoms with Crippen molar-refractivity contribution < 1.29 is 4.79 Å². The normalized spacial score (nSPS) is 9.83. The molecule has 0 aliphatic rings. The van der Waals surface area contributed by atoms with Gasteiger partial charge in [-0.1, -0.05) is 28.1 Å². The molecule has 0 aliphatic heterocycles. The van der Waals surface area contributed by atoms with Gasteiger partial charge in [0.05, 0.1) is 5.75 Å². The van der Waals surface area contributed by atoms with E-state index >= 15 is 0 Å². The average Bonchev–Trinajstić information content (AvgIpc) is 2.37. The van der Waals surface area contributed by atoms with Crippen LogP contribution in [0.1, 0.15) is 0 Å². The van der Waals surface area contributed by atoms with Gasteiger partial charge < -0.3 is 4.90 Å². The molecule has 1 aromatic rings. The number of amides is 1. The third-order valence-electron chi connectivity index (χ3n) is 2.23. The van der Waals surface area contributed by atoms with Gasteiger partial charge in [-0.05, 0) is 24.3 Å². The number of benzene rings is 1. The zero-order valence-electron chi connectivity index (χ0n) is 10.1. The summed E-state index contributed by atoms with van der Waals surface area (Å²) in [6.07, 6.45) is 3.46. The maximum atomic E-state index is 12.0. The molecule has 4 heteroatoms. The van der Waals surface area contributed by atoms with E-state index in [1.165, 1.54) is 11.8 Å². The first-order valence-corrected chi connectivity index (χ1v) is 7.33. The van der Waals surface area contributed by atoms with Crippen molar-refractivity contribution in [2.24, 2.45) is 0 Å². The molecular formula is C14H16BrNOS. The summed E-state index contributed by atoms with van der Waals surface area (Å²) >= 11 is 4.92. The first-order chi connectivity index (χ1) is 8.67. The number of rotatable bonds is 7.